The Bertz CT molecular complexity index is 115. The summed E-state index contributed by atoms with van der Waals surface area (Å²) in [5.41, 5.74) is 5.90. The van der Waals surface area contributed by atoms with Crippen LogP contribution in [-0.2, 0) is 0 Å². The third kappa shape index (κ3) is 11.8. The summed E-state index contributed by atoms with van der Waals surface area (Å²) in [6.07, 6.45) is 12.3. The number of hydrogen-bond donors (Lipinski definition) is 2. The van der Waals surface area contributed by atoms with Gasteiger partial charge in [-0.25, -0.2) is 0 Å². The lowest BCUT2D eigenvalue weighted by Gasteiger charge is -2.09. The van der Waals surface area contributed by atoms with E-state index >= 15 is 0 Å². The Labute approximate surface area is 96.0 Å². The van der Waals surface area contributed by atoms with Gasteiger partial charge in [-0.05, 0) is 13.5 Å². The summed E-state index contributed by atoms with van der Waals surface area (Å²) >= 11 is 0. The predicted molar refractivity (Wildman–Crippen MR) is 69.1 cm³/mol. The van der Waals surface area contributed by atoms with E-state index < -0.39 is 0 Å². The maximum atomic E-state index is 5.90. The van der Waals surface area contributed by atoms with Gasteiger partial charge in [0.2, 0.25) is 0 Å². The van der Waals surface area contributed by atoms with Gasteiger partial charge in [-0.1, -0.05) is 58.3 Å². The zero-order valence-corrected chi connectivity index (χ0v) is 10.7. The largest absolute Gasteiger partial charge is 0.327 e. The van der Waals surface area contributed by atoms with Gasteiger partial charge < -0.3 is 11.1 Å². The van der Waals surface area contributed by atoms with Gasteiger partial charge in [0.1, 0.15) is 0 Å². The molecule has 2 nitrogen and oxygen atoms in total. The molecule has 0 aliphatic heterocycles. The van der Waals surface area contributed by atoms with Crippen LogP contribution in [0.4, 0.5) is 0 Å². The smallest absolute Gasteiger partial charge is 0.0165 e. The van der Waals surface area contributed by atoms with Crippen molar-refractivity contribution < 1.29 is 0 Å². The van der Waals surface area contributed by atoms with Crippen LogP contribution in [0.15, 0.2) is 0 Å². The standard InChI is InChI=1S/C13H30N2/c1-3-4-5-6-7-8-9-10-11-13(14)12-15-2/h13,15H,3-12,14H2,1-2H3. The van der Waals surface area contributed by atoms with Crippen molar-refractivity contribution in [1.82, 2.24) is 5.32 Å². The fourth-order valence-corrected chi connectivity index (χ4v) is 1.90. The normalized spacial score (nSPS) is 13.0. The Morgan fingerprint density at radius 3 is 2.00 bits per heavy atom. The van der Waals surface area contributed by atoms with E-state index in [-0.39, 0.29) is 0 Å². The second kappa shape index (κ2) is 12.0. The van der Waals surface area contributed by atoms with Crippen molar-refractivity contribution in [3.8, 4) is 0 Å². The summed E-state index contributed by atoms with van der Waals surface area (Å²) in [5.74, 6) is 0. The molecule has 0 aromatic heterocycles. The highest BCUT2D eigenvalue weighted by Gasteiger charge is 1.99. The first-order valence-corrected chi connectivity index (χ1v) is 6.71. The monoisotopic (exact) mass is 214 g/mol. The molecule has 3 N–H and O–H groups in total. The first-order chi connectivity index (χ1) is 7.31. The summed E-state index contributed by atoms with van der Waals surface area (Å²) in [4.78, 5) is 0. The van der Waals surface area contributed by atoms with E-state index in [9.17, 15) is 0 Å². The lowest BCUT2D eigenvalue weighted by Crippen LogP contribution is -2.31. The highest BCUT2D eigenvalue weighted by atomic mass is 14.9. The lowest BCUT2D eigenvalue weighted by molar-refractivity contribution is 0.513. The van der Waals surface area contributed by atoms with Crippen LogP contribution in [0.3, 0.4) is 0 Å². The molecule has 0 spiro atoms. The molecule has 0 aliphatic carbocycles. The van der Waals surface area contributed by atoms with E-state index in [1.165, 1.54) is 57.8 Å². The van der Waals surface area contributed by atoms with Gasteiger partial charge in [-0.2, -0.15) is 0 Å². The second-order valence-electron chi connectivity index (χ2n) is 4.58. The van der Waals surface area contributed by atoms with Crippen molar-refractivity contribution in [2.75, 3.05) is 13.6 Å². The van der Waals surface area contributed by atoms with Crippen molar-refractivity contribution in [2.45, 2.75) is 70.8 Å². The van der Waals surface area contributed by atoms with E-state index in [1.807, 2.05) is 7.05 Å². The van der Waals surface area contributed by atoms with Crippen LogP contribution >= 0.6 is 0 Å². The molecule has 0 amide bonds. The second-order valence-corrected chi connectivity index (χ2v) is 4.58. The molecule has 0 saturated carbocycles. The van der Waals surface area contributed by atoms with E-state index in [4.69, 9.17) is 5.73 Å². The minimum absolute atomic E-state index is 0.357. The molecule has 92 valence electrons. The Morgan fingerprint density at radius 2 is 1.47 bits per heavy atom. The van der Waals surface area contributed by atoms with Crippen molar-refractivity contribution in [3.63, 3.8) is 0 Å². The number of rotatable bonds is 11. The first kappa shape index (κ1) is 14.9. The Morgan fingerprint density at radius 1 is 0.933 bits per heavy atom. The summed E-state index contributed by atoms with van der Waals surface area (Å²) in [6, 6.07) is 0.357. The summed E-state index contributed by atoms with van der Waals surface area (Å²) in [7, 11) is 1.97. The van der Waals surface area contributed by atoms with Crippen LogP contribution in [0, 0.1) is 0 Å². The van der Waals surface area contributed by atoms with Gasteiger partial charge in [0.25, 0.3) is 0 Å². The molecular weight excluding hydrogens is 184 g/mol. The minimum Gasteiger partial charge on any atom is -0.327 e. The lowest BCUT2D eigenvalue weighted by atomic mass is 10.1. The van der Waals surface area contributed by atoms with Gasteiger partial charge in [0.15, 0.2) is 0 Å². The highest BCUT2D eigenvalue weighted by molar-refractivity contribution is 4.62. The molecule has 0 saturated heterocycles. The predicted octanol–water partition coefficient (Wildman–Crippen LogP) is 3.06. The first-order valence-electron chi connectivity index (χ1n) is 6.71. The van der Waals surface area contributed by atoms with Crippen LogP contribution in [0.1, 0.15) is 64.7 Å². The Balaban J connectivity index is 2.98. The van der Waals surface area contributed by atoms with Crippen LogP contribution in [0.5, 0.6) is 0 Å². The number of nitrogens with two attached hydrogens (primary N) is 1. The van der Waals surface area contributed by atoms with Crippen LogP contribution in [0.2, 0.25) is 0 Å². The van der Waals surface area contributed by atoms with E-state index in [0.717, 1.165) is 6.54 Å². The maximum absolute atomic E-state index is 5.90. The number of nitrogens with one attached hydrogen (secondary N) is 1. The van der Waals surface area contributed by atoms with Crippen LogP contribution in [0.25, 0.3) is 0 Å². The van der Waals surface area contributed by atoms with Crippen LogP contribution < -0.4 is 11.1 Å². The van der Waals surface area contributed by atoms with Crippen molar-refractivity contribution in [2.24, 2.45) is 5.73 Å². The average molecular weight is 214 g/mol. The van der Waals surface area contributed by atoms with Crippen molar-refractivity contribution in [3.05, 3.63) is 0 Å². The molecule has 0 aliphatic rings. The molecule has 15 heavy (non-hydrogen) atoms. The molecular formula is C13H30N2. The third-order valence-corrected chi connectivity index (χ3v) is 2.89. The van der Waals surface area contributed by atoms with Gasteiger partial charge in [-0.3, -0.25) is 0 Å². The average Bonchev–Trinajstić information content (AvgIpc) is 2.22. The van der Waals surface area contributed by atoms with Crippen molar-refractivity contribution in [1.29, 1.82) is 0 Å². The molecule has 1 unspecified atom stereocenters. The number of hydrogen-bond acceptors (Lipinski definition) is 2. The molecule has 1 atom stereocenters. The summed E-state index contributed by atoms with van der Waals surface area (Å²) in [5, 5.41) is 3.12. The van der Waals surface area contributed by atoms with Gasteiger partial charge in [0.05, 0.1) is 0 Å². The molecule has 0 aromatic carbocycles. The van der Waals surface area contributed by atoms with Gasteiger partial charge in [-0.15, -0.1) is 0 Å². The molecule has 0 heterocycles. The Kier molecular flexibility index (Phi) is 11.9. The molecule has 0 bridgehead atoms. The molecule has 0 rings (SSSR count). The molecule has 0 fully saturated rings. The molecule has 0 aromatic rings. The van der Waals surface area contributed by atoms with Crippen LogP contribution in [-0.4, -0.2) is 19.6 Å². The fraction of sp³-hybridized carbons (Fsp3) is 1.00. The maximum Gasteiger partial charge on any atom is 0.0165 e. The topological polar surface area (TPSA) is 38.0 Å². The van der Waals surface area contributed by atoms with Gasteiger partial charge >= 0.3 is 0 Å². The zero-order chi connectivity index (χ0) is 11.4. The molecule has 0 radical (unpaired) electrons. The number of likely N-dealkylation sites (N-methyl/N-ethyl adjacent to an activating group) is 1. The van der Waals surface area contributed by atoms with E-state index in [0.29, 0.717) is 6.04 Å². The fourth-order valence-electron chi connectivity index (χ4n) is 1.90. The third-order valence-electron chi connectivity index (χ3n) is 2.89. The number of unbranched alkanes of at least 4 members (excludes halogenated alkanes) is 7. The SMILES string of the molecule is CCCCCCCCCCC(N)CNC. The van der Waals surface area contributed by atoms with E-state index in [1.54, 1.807) is 0 Å². The van der Waals surface area contributed by atoms with Gasteiger partial charge in [0, 0.05) is 12.6 Å². The zero-order valence-electron chi connectivity index (χ0n) is 10.7. The molecule has 2 heteroatoms. The minimum atomic E-state index is 0.357. The summed E-state index contributed by atoms with van der Waals surface area (Å²) < 4.78 is 0. The summed E-state index contributed by atoms with van der Waals surface area (Å²) in [6.45, 7) is 3.22. The van der Waals surface area contributed by atoms with Crippen molar-refractivity contribution >= 4 is 0 Å². The Hall–Kier alpha value is -0.0800. The quantitative estimate of drug-likeness (QED) is 0.519. The highest BCUT2D eigenvalue weighted by Crippen LogP contribution is 2.09. The van der Waals surface area contributed by atoms with E-state index in [2.05, 4.69) is 12.2 Å².